The quantitative estimate of drug-likeness (QED) is 0.829. The Labute approximate surface area is 136 Å². The van der Waals surface area contributed by atoms with E-state index < -0.39 is 10.2 Å². The highest BCUT2D eigenvalue weighted by atomic mass is 32.2. The van der Waals surface area contributed by atoms with Crippen molar-refractivity contribution in [3.63, 3.8) is 0 Å². The Morgan fingerprint density at radius 2 is 2.13 bits per heavy atom. The first-order chi connectivity index (χ1) is 10.9. The largest absolute Gasteiger partial charge is 0.282 e. The van der Waals surface area contributed by atoms with Crippen LogP contribution in [0.2, 0.25) is 0 Å². The van der Waals surface area contributed by atoms with Crippen molar-refractivity contribution in [2.24, 2.45) is 0 Å². The van der Waals surface area contributed by atoms with Crippen LogP contribution in [0.5, 0.6) is 0 Å². The fourth-order valence-corrected chi connectivity index (χ4v) is 3.98. The van der Waals surface area contributed by atoms with E-state index >= 15 is 0 Å². The lowest BCUT2D eigenvalue weighted by Crippen LogP contribution is -2.46. The third-order valence-electron chi connectivity index (χ3n) is 4.09. The van der Waals surface area contributed by atoms with E-state index in [1.165, 1.54) is 21.7 Å². The highest BCUT2D eigenvalue weighted by Gasteiger charge is 2.31. The summed E-state index contributed by atoms with van der Waals surface area (Å²) in [4.78, 5) is 0. The fraction of sp³-hybridized carbons (Fsp3) is 0.438. The lowest BCUT2D eigenvalue weighted by molar-refractivity contribution is 0.337. The summed E-state index contributed by atoms with van der Waals surface area (Å²) in [5, 5.41) is 8.72. The summed E-state index contributed by atoms with van der Waals surface area (Å²) >= 11 is 0. The van der Waals surface area contributed by atoms with E-state index in [9.17, 15) is 12.8 Å². The molecular formula is C16H20FN3O2S. The van der Waals surface area contributed by atoms with Gasteiger partial charge in [0.05, 0.1) is 12.5 Å². The normalized spacial score (nSPS) is 17.6. The number of hydrogen-bond acceptors (Lipinski definition) is 3. The number of nitrogens with zero attached hydrogens (tertiary/aromatic N) is 3. The highest BCUT2D eigenvalue weighted by molar-refractivity contribution is 7.86. The van der Waals surface area contributed by atoms with Crippen LogP contribution in [0.3, 0.4) is 0 Å². The van der Waals surface area contributed by atoms with Crippen molar-refractivity contribution in [1.29, 1.82) is 5.26 Å². The van der Waals surface area contributed by atoms with Crippen molar-refractivity contribution in [3.8, 4) is 6.07 Å². The molecular weight excluding hydrogens is 317 g/mol. The van der Waals surface area contributed by atoms with Crippen LogP contribution in [0, 0.1) is 17.1 Å². The fourth-order valence-electron chi connectivity index (χ4n) is 2.50. The van der Waals surface area contributed by atoms with Crippen molar-refractivity contribution in [2.75, 3.05) is 20.1 Å². The van der Waals surface area contributed by atoms with Crippen molar-refractivity contribution < 1.29 is 12.8 Å². The number of benzene rings is 1. The third-order valence-corrected chi connectivity index (χ3v) is 6.16. The minimum Gasteiger partial charge on any atom is -0.206 e. The van der Waals surface area contributed by atoms with Crippen molar-refractivity contribution >= 4 is 15.8 Å². The van der Waals surface area contributed by atoms with Gasteiger partial charge in [0.15, 0.2) is 0 Å². The molecule has 1 heterocycles. The van der Waals surface area contributed by atoms with Gasteiger partial charge in [0.25, 0.3) is 10.2 Å². The molecule has 0 bridgehead atoms. The Balaban J connectivity index is 2.14. The monoisotopic (exact) mass is 337 g/mol. The van der Waals surface area contributed by atoms with Gasteiger partial charge in [-0.05, 0) is 25.0 Å². The lowest BCUT2D eigenvalue weighted by Gasteiger charge is -2.32. The molecule has 1 atom stereocenters. The maximum Gasteiger partial charge on any atom is 0.282 e. The van der Waals surface area contributed by atoms with E-state index in [2.05, 4.69) is 0 Å². The maximum atomic E-state index is 13.8. The van der Waals surface area contributed by atoms with Crippen molar-refractivity contribution in [1.82, 2.24) is 8.61 Å². The molecule has 0 saturated carbocycles. The van der Waals surface area contributed by atoms with Crippen LogP contribution in [-0.2, 0) is 10.2 Å². The van der Waals surface area contributed by atoms with Gasteiger partial charge in [-0.1, -0.05) is 24.3 Å². The van der Waals surface area contributed by atoms with Crippen LogP contribution < -0.4 is 0 Å². The average Bonchev–Trinajstić information content (AvgIpc) is 2.55. The second-order valence-electron chi connectivity index (χ2n) is 5.55. The smallest absolute Gasteiger partial charge is 0.206 e. The Morgan fingerprint density at radius 3 is 2.70 bits per heavy atom. The average molecular weight is 337 g/mol. The molecule has 0 unspecified atom stereocenters. The predicted molar refractivity (Wildman–Crippen MR) is 86.9 cm³/mol. The number of hydrogen-bond donors (Lipinski definition) is 0. The number of rotatable bonds is 5. The predicted octanol–water partition coefficient (Wildman–Crippen LogP) is 2.39. The number of nitriles is 1. The molecule has 0 saturated heterocycles. The second kappa shape index (κ2) is 7.21. The molecule has 0 radical (unpaired) electrons. The molecule has 1 aromatic rings. The van der Waals surface area contributed by atoms with Gasteiger partial charge in [-0.3, -0.25) is 0 Å². The van der Waals surface area contributed by atoms with E-state index in [1.807, 2.05) is 6.07 Å². The Hall–Kier alpha value is -1.75. The van der Waals surface area contributed by atoms with Gasteiger partial charge in [0.1, 0.15) is 5.82 Å². The summed E-state index contributed by atoms with van der Waals surface area (Å²) in [6, 6.07) is 8.09. The Kier molecular flexibility index (Phi) is 5.52. The van der Waals surface area contributed by atoms with Crippen molar-refractivity contribution in [2.45, 2.75) is 25.8 Å². The Morgan fingerprint density at radius 1 is 1.43 bits per heavy atom. The summed E-state index contributed by atoms with van der Waals surface area (Å²) in [6.45, 7) is 2.20. The van der Waals surface area contributed by atoms with Gasteiger partial charge in [-0.2, -0.15) is 22.3 Å². The zero-order chi connectivity index (χ0) is 17.0. The van der Waals surface area contributed by atoms with Crippen molar-refractivity contribution in [3.05, 3.63) is 41.7 Å². The van der Waals surface area contributed by atoms with Crippen LogP contribution in [0.4, 0.5) is 4.39 Å². The molecule has 23 heavy (non-hydrogen) atoms. The highest BCUT2D eigenvalue weighted by Crippen LogP contribution is 2.26. The first-order valence-corrected chi connectivity index (χ1v) is 8.81. The van der Waals surface area contributed by atoms with Gasteiger partial charge in [0.2, 0.25) is 0 Å². The van der Waals surface area contributed by atoms with Crippen LogP contribution in [0.25, 0.3) is 5.57 Å². The minimum atomic E-state index is -3.62. The molecule has 2 rings (SSSR count). The van der Waals surface area contributed by atoms with Gasteiger partial charge in [-0.25, -0.2) is 4.39 Å². The first kappa shape index (κ1) is 17.6. The number of halogens is 1. The van der Waals surface area contributed by atoms with E-state index in [4.69, 9.17) is 5.26 Å². The molecule has 0 amide bonds. The zero-order valence-electron chi connectivity index (χ0n) is 13.2. The summed E-state index contributed by atoms with van der Waals surface area (Å²) < 4.78 is 41.5. The SMILES string of the molecule is C[C@@H](CC#N)N(C)S(=O)(=O)N1CC=C(c2ccccc2F)CC1. The van der Waals surface area contributed by atoms with Crippen LogP contribution in [0.15, 0.2) is 30.3 Å². The standard InChI is InChI=1S/C16H20FN3O2S/c1-13(7-10-18)19(2)23(21,22)20-11-8-14(9-12-20)15-5-3-4-6-16(15)17/h3-6,8,13H,7,9,11-12H2,1-2H3/t13-/m0/s1. The van der Waals surface area contributed by atoms with Gasteiger partial charge >= 0.3 is 0 Å². The van der Waals surface area contributed by atoms with Crippen LogP contribution in [-0.4, -0.2) is 43.2 Å². The molecule has 0 aliphatic carbocycles. The van der Waals surface area contributed by atoms with E-state index in [0.29, 0.717) is 18.5 Å². The lowest BCUT2D eigenvalue weighted by atomic mass is 10.00. The van der Waals surface area contributed by atoms with Crippen LogP contribution in [0.1, 0.15) is 25.3 Å². The van der Waals surface area contributed by atoms with Gasteiger partial charge in [-0.15, -0.1) is 0 Å². The minimum absolute atomic E-state index is 0.139. The summed E-state index contributed by atoms with van der Waals surface area (Å²) in [5.41, 5.74) is 1.35. The molecule has 0 spiro atoms. The third kappa shape index (κ3) is 3.78. The summed E-state index contributed by atoms with van der Waals surface area (Å²) in [5.74, 6) is -0.296. The molecule has 0 aromatic heterocycles. The van der Waals surface area contributed by atoms with E-state index in [-0.39, 0.29) is 24.8 Å². The van der Waals surface area contributed by atoms with E-state index in [0.717, 1.165) is 5.57 Å². The summed E-state index contributed by atoms with van der Waals surface area (Å²) in [6.07, 6.45) is 2.35. The van der Waals surface area contributed by atoms with Gasteiger partial charge < -0.3 is 0 Å². The first-order valence-electron chi connectivity index (χ1n) is 7.42. The van der Waals surface area contributed by atoms with Gasteiger partial charge in [0, 0.05) is 31.7 Å². The maximum absolute atomic E-state index is 13.8. The molecule has 0 N–H and O–H groups in total. The second-order valence-corrected chi connectivity index (χ2v) is 7.54. The van der Waals surface area contributed by atoms with Crippen LogP contribution >= 0.6 is 0 Å². The molecule has 124 valence electrons. The van der Waals surface area contributed by atoms with E-state index in [1.54, 1.807) is 31.2 Å². The molecule has 0 fully saturated rings. The topological polar surface area (TPSA) is 64.4 Å². The molecule has 1 aromatic carbocycles. The molecule has 1 aliphatic rings. The molecule has 1 aliphatic heterocycles. The molecule has 7 heteroatoms. The molecule has 5 nitrogen and oxygen atoms in total. The summed E-state index contributed by atoms with van der Waals surface area (Å²) in [7, 11) is -2.14. The Bertz CT molecular complexity index is 740. The zero-order valence-corrected chi connectivity index (χ0v) is 14.1.